The standard InChI is InChI=1S/C20H22ClFN4O5S/c1-14-17(20(21)24(2)23-14)7-8-19(28)31-13-18(27)25-9-11-26(12-10-25)32(29,30)16-5-3-15(22)4-6-16/h3-8H,9-13H2,1-2H3/b8-7+. The Morgan fingerprint density at radius 1 is 1.19 bits per heavy atom. The Kier molecular flexibility index (Phi) is 7.32. The fourth-order valence-corrected chi connectivity index (χ4v) is 4.85. The Bertz CT molecular complexity index is 1140. The highest BCUT2D eigenvalue weighted by molar-refractivity contribution is 7.89. The number of ether oxygens (including phenoxy) is 1. The second-order valence-electron chi connectivity index (χ2n) is 7.09. The largest absolute Gasteiger partial charge is 0.452 e. The number of sulfonamides is 1. The van der Waals surface area contributed by atoms with Crippen molar-refractivity contribution in [1.29, 1.82) is 0 Å². The molecule has 32 heavy (non-hydrogen) atoms. The highest BCUT2D eigenvalue weighted by Crippen LogP contribution is 2.20. The van der Waals surface area contributed by atoms with Gasteiger partial charge in [-0.2, -0.15) is 9.40 Å². The Morgan fingerprint density at radius 3 is 2.38 bits per heavy atom. The number of carbonyl (C=O) groups excluding carboxylic acids is 2. The van der Waals surface area contributed by atoms with E-state index in [4.69, 9.17) is 16.3 Å². The Balaban J connectivity index is 1.49. The number of piperazine rings is 1. The highest BCUT2D eigenvalue weighted by atomic mass is 35.5. The van der Waals surface area contributed by atoms with Crippen LogP contribution >= 0.6 is 11.6 Å². The number of nitrogens with zero attached hydrogens (tertiary/aromatic N) is 4. The maximum atomic E-state index is 13.1. The SMILES string of the molecule is Cc1nn(C)c(Cl)c1/C=C/C(=O)OCC(=O)N1CCN(S(=O)(=O)c2ccc(F)cc2)CC1. The number of hydrogen-bond acceptors (Lipinski definition) is 6. The number of aryl methyl sites for hydroxylation is 2. The van der Waals surface area contributed by atoms with Crippen molar-refractivity contribution in [2.75, 3.05) is 32.8 Å². The van der Waals surface area contributed by atoms with Gasteiger partial charge in [0, 0.05) is 44.9 Å². The van der Waals surface area contributed by atoms with Crippen molar-refractivity contribution < 1.29 is 27.1 Å². The Labute approximate surface area is 190 Å². The summed E-state index contributed by atoms with van der Waals surface area (Å²) in [6.45, 7) is 1.74. The van der Waals surface area contributed by atoms with Crippen LogP contribution in [0, 0.1) is 12.7 Å². The van der Waals surface area contributed by atoms with Crippen molar-refractivity contribution >= 4 is 39.6 Å². The maximum absolute atomic E-state index is 13.1. The lowest BCUT2D eigenvalue weighted by Gasteiger charge is -2.33. The second-order valence-corrected chi connectivity index (χ2v) is 9.39. The number of amides is 1. The van der Waals surface area contributed by atoms with E-state index >= 15 is 0 Å². The number of carbonyl (C=O) groups is 2. The lowest BCUT2D eigenvalue weighted by atomic mass is 10.2. The normalized spacial score (nSPS) is 15.3. The molecule has 3 rings (SSSR count). The van der Waals surface area contributed by atoms with Gasteiger partial charge in [0.2, 0.25) is 10.0 Å². The molecular weight excluding hydrogens is 463 g/mol. The summed E-state index contributed by atoms with van der Waals surface area (Å²) < 4.78 is 46.0. The summed E-state index contributed by atoms with van der Waals surface area (Å²) in [5, 5.41) is 4.50. The third kappa shape index (κ3) is 5.34. The first kappa shape index (κ1) is 23.9. The predicted molar refractivity (Wildman–Crippen MR) is 115 cm³/mol. The van der Waals surface area contributed by atoms with Crippen LogP contribution < -0.4 is 0 Å². The minimum atomic E-state index is -3.78. The number of hydrogen-bond donors (Lipinski definition) is 0. The molecule has 0 radical (unpaired) electrons. The molecule has 2 heterocycles. The summed E-state index contributed by atoms with van der Waals surface area (Å²) in [6, 6.07) is 4.57. The van der Waals surface area contributed by atoms with E-state index in [1.165, 1.54) is 32.1 Å². The molecule has 1 aromatic carbocycles. The van der Waals surface area contributed by atoms with E-state index in [1.54, 1.807) is 14.0 Å². The minimum absolute atomic E-state index is 0.0108. The fraction of sp³-hybridized carbons (Fsp3) is 0.350. The van der Waals surface area contributed by atoms with Crippen LogP contribution in [-0.4, -0.2) is 72.1 Å². The van der Waals surface area contributed by atoms with Crippen LogP contribution in [0.4, 0.5) is 4.39 Å². The molecule has 1 amide bonds. The average molecular weight is 485 g/mol. The van der Waals surface area contributed by atoms with Crippen molar-refractivity contribution in [3.8, 4) is 0 Å². The van der Waals surface area contributed by atoms with E-state index in [0.717, 1.165) is 18.2 Å². The molecular formula is C20H22ClFN4O5S. The number of aromatic nitrogens is 2. The van der Waals surface area contributed by atoms with Gasteiger partial charge in [-0.1, -0.05) is 11.6 Å². The van der Waals surface area contributed by atoms with Crippen LogP contribution in [0.3, 0.4) is 0 Å². The zero-order valence-electron chi connectivity index (χ0n) is 17.5. The van der Waals surface area contributed by atoms with Crippen LogP contribution in [0.1, 0.15) is 11.3 Å². The lowest BCUT2D eigenvalue weighted by molar-refractivity contribution is -0.148. The smallest absolute Gasteiger partial charge is 0.331 e. The van der Waals surface area contributed by atoms with Crippen molar-refractivity contribution in [3.63, 3.8) is 0 Å². The van der Waals surface area contributed by atoms with Crippen molar-refractivity contribution in [1.82, 2.24) is 19.0 Å². The van der Waals surface area contributed by atoms with Crippen molar-refractivity contribution in [2.24, 2.45) is 7.05 Å². The molecule has 1 aliphatic rings. The monoisotopic (exact) mass is 484 g/mol. The second kappa shape index (κ2) is 9.80. The van der Waals surface area contributed by atoms with Crippen LogP contribution in [0.25, 0.3) is 6.08 Å². The summed E-state index contributed by atoms with van der Waals surface area (Å²) in [7, 11) is -2.10. The van der Waals surface area contributed by atoms with Crippen molar-refractivity contribution in [2.45, 2.75) is 11.8 Å². The van der Waals surface area contributed by atoms with E-state index in [1.807, 2.05) is 0 Å². The van der Waals surface area contributed by atoms with Crippen LogP contribution in [-0.2, 0) is 31.4 Å². The first-order valence-corrected chi connectivity index (χ1v) is 11.5. The van der Waals surface area contributed by atoms with Gasteiger partial charge in [-0.3, -0.25) is 9.48 Å². The van der Waals surface area contributed by atoms with E-state index in [0.29, 0.717) is 16.4 Å². The van der Waals surface area contributed by atoms with E-state index in [9.17, 15) is 22.4 Å². The topological polar surface area (TPSA) is 102 Å². The van der Waals surface area contributed by atoms with Crippen molar-refractivity contribution in [3.05, 3.63) is 52.6 Å². The van der Waals surface area contributed by atoms with Gasteiger partial charge in [-0.25, -0.2) is 17.6 Å². The van der Waals surface area contributed by atoms with Gasteiger partial charge >= 0.3 is 5.97 Å². The molecule has 0 bridgehead atoms. The highest BCUT2D eigenvalue weighted by Gasteiger charge is 2.30. The molecule has 0 spiro atoms. The molecule has 12 heteroatoms. The van der Waals surface area contributed by atoms with E-state index in [-0.39, 0.29) is 31.1 Å². The molecule has 2 aromatic rings. The fourth-order valence-electron chi connectivity index (χ4n) is 3.19. The Morgan fingerprint density at radius 2 is 1.81 bits per heavy atom. The molecule has 1 aliphatic heterocycles. The Hall–Kier alpha value is -2.76. The summed E-state index contributed by atoms with van der Waals surface area (Å²) >= 11 is 6.09. The number of benzene rings is 1. The molecule has 0 N–H and O–H groups in total. The zero-order valence-corrected chi connectivity index (χ0v) is 19.1. The quantitative estimate of drug-likeness (QED) is 0.456. The first-order valence-electron chi connectivity index (χ1n) is 9.67. The van der Waals surface area contributed by atoms with Gasteiger partial charge in [0.05, 0.1) is 10.6 Å². The number of rotatable bonds is 6. The first-order chi connectivity index (χ1) is 15.1. The molecule has 1 aromatic heterocycles. The molecule has 0 aliphatic carbocycles. The molecule has 0 unspecified atom stereocenters. The van der Waals surface area contributed by atoms with E-state index in [2.05, 4.69) is 5.10 Å². The van der Waals surface area contributed by atoms with Crippen LogP contribution in [0.2, 0.25) is 5.15 Å². The zero-order chi connectivity index (χ0) is 23.5. The molecule has 1 fully saturated rings. The molecule has 1 saturated heterocycles. The average Bonchev–Trinajstić information content (AvgIpc) is 3.01. The number of halogens is 2. The third-order valence-corrected chi connectivity index (χ3v) is 7.32. The van der Waals surface area contributed by atoms with Crippen LogP contribution in [0.15, 0.2) is 35.2 Å². The lowest BCUT2D eigenvalue weighted by Crippen LogP contribution is -2.51. The number of esters is 1. The van der Waals surface area contributed by atoms with Crippen LogP contribution in [0.5, 0.6) is 0 Å². The van der Waals surface area contributed by atoms with Gasteiger partial charge in [-0.15, -0.1) is 0 Å². The molecule has 9 nitrogen and oxygen atoms in total. The molecule has 0 atom stereocenters. The maximum Gasteiger partial charge on any atom is 0.331 e. The van der Waals surface area contributed by atoms with E-state index < -0.39 is 34.3 Å². The summed E-state index contributed by atoms with van der Waals surface area (Å²) in [5.41, 5.74) is 1.22. The molecule has 172 valence electrons. The summed E-state index contributed by atoms with van der Waals surface area (Å²) in [4.78, 5) is 25.7. The van der Waals surface area contributed by atoms with Gasteiger partial charge in [0.15, 0.2) is 6.61 Å². The summed E-state index contributed by atoms with van der Waals surface area (Å²) in [6.07, 6.45) is 2.63. The predicted octanol–water partition coefficient (Wildman–Crippen LogP) is 1.61. The van der Waals surface area contributed by atoms with Gasteiger partial charge in [-0.05, 0) is 37.3 Å². The third-order valence-electron chi connectivity index (χ3n) is 4.96. The van der Waals surface area contributed by atoms with Gasteiger partial charge in [0.1, 0.15) is 11.0 Å². The molecule has 0 saturated carbocycles. The van der Waals surface area contributed by atoms with Gasteiger partial charge < -0.3 is 9.64 Å². The van der Waals surface area contributed by atoms with Gasteiger partial charge in [0.25, 0.3) is 5.91 Å². The summed E-state index contributed by atoms with van der Waals surface area (Å²) in [5.74, 6) is -1.67. The minimum Gasteiger partial charge on any atom is -0.452 e.